The summed E-state index contributed by atoms with van der Waals surface area (Å²) < 4.78 is 28.4. The molecule has 0 amide bonds. The topological polar surface area (TPSA) is 21.3 Å². The van der Waals surface area contributed by atoms with Crippen molar-refractivity contribution in [1.29, 1.82) is 0 Å². The zero-order valence-corrected chi connectivity index (χ0v) is 11.8. The van der Waals surface area contributed by atoms with Gasteiger partial charge in [0.1, 0.15) is 5.75 Å². The molecule has 0 spiro atoms. The maximum atomic E-state index is 12.0. The van der Waals surface area contributed by atoms with Crippen molar-refractivity contribution >= 4 is 17.4 Å². The molecule has 0 aliphatic rings. The van der Waals surface area contributed by atoms with Crippen LogP contribution in [-0.2, 0) is 6.54 Å². The fraction of sp³-hybridized carbons (Fsp3) is 0.200. The van der Waals surface area contributed by atoms with Gasteiger partial charge in [-0.05, 0) is 42.2 Å². The Kier molecular flexibility index (Phi) is 5.24. The fourth-order valence-electron chi connectivity index (χ4n) is 1.73. The summed E-state index contributed by atoms with van der Waals surface area (Å²) in [4.78, 5) is 1.19. The molecule has 0 atom stereocenters. The lowest BCUT2D eigenvalue weighted by molar-refractivity contribution is -0.0498. The van der Waals surface area contributed by atoms with Gasteiger partial charge in [-0.2, -0.15) is 8.78 Å². The molecule has 0 radical (unpaired) electrons. The first kappa shape index (κ1) is 14.7. The smallest absolute Gasteiger partial charge is 0.387 e. The average molecular weight is 295 g/mol. The van der Waals surface area contributed by atoms with E-state index in [-0.39, 0.29) is 5.75 Å². The molecule has 20 heavy (non-hydrogen) atoms. The van der Waals surface area contributed by atoms with Crippen molar-refractivity contribution in [2.24, 2.45) is 0 Å². The molecule has 0 saturated heterocycles. The molecule has 1 N–H and O–H groups in total. The standard InChI is InChI=1S/C15H15F2NOS/c1-20-14-4-2-3-12(9-14)18-10-11-5-7-13(8-6-11)19-15(16)17/h2-9,15,18H,10H2,1H3. The highest BCUT2D eigenvalue weighted by Crippen LogP contribution is 2.20. The lowest BCUT2D eigenvalue weighted by Gasteiger charge is -2.09. The summed E-state index contributed by atoms with van der Waals surface area (Å²) in [5, 5.41) is 3.29. The molecule has 2 aromatic carbocycles. The van der Waals surface area contributed by atoms with Gasteiger partial charge in [-0.15, -0.1) is 11.8 Å². The summed E-state index contributed by atoms with van der Waals surface area (Å²) in [5.74, 6) is 0.174. The zero-order chi connectivity index (χ0) is 14.4. The van der Waals surface area contributed by atoms with Gasteiger partial charge in [0.25, 0.3) is 0 Å². The van der Waals surface area contributed by atoms with Crippen molar-refractivity contribution in [3.8, 4) is 5.75 Å². The van der Waals surface area contributed by atoms with Crippen molar-refractivity contribution in [2.75, 3.05) is 11.6 Å². The second-order valence-electron chi connectivity index (χ2n) is 4.11. The van der Waals surface area contributed by atoms with Crippen LogP contribution in [0.4, 0.5) is 14.5 Å². The minimum atomic E-state index is -2.78. The summed E-state index contributed by atoms with van der Waals surface area (Å²) in [6.07, 6.45) is 2.03. The highest BCUT2D eigenvalue weighted by Gasteiger charge is 2.03. The number of thioether (sulfide) groups is 1. The second-order valence-corrected chi connectivity index (χ2v) is 4.99. The van der Waals surface area contributed by atoms with Crippen molar-refractivity contribution in [3.05, 3.63) is 54.1 Å². The number of halogens is 2. The zero-order valence-electron chi connectivity index (χ0n) is 11.0. The predicted octanol–water partition coefficient (Wildman–Crippen LogP) is 4.62. The average Bonchev–Trinajstić information content (AvgIpc) is 2.46. The van der Waals surface area contributed by atoms with E-state index >= 15 is 0 Å². The molecule has 2 nitrogen and oxygen atoms in total. The molecule has 0 fully saturated rings. The van der Waals surface area contributed by atoms with E-state index in [9.17, 15) is 8.78 Å². The number of rotatable bonds is 6. The van der Waals surface area contributed by atoms with Crippen molar-refractivity contribution in [2.45, 2.75) is 18.1 Å². The molecular weight excluding hydrogens is 280 g/mol. The van der Waals surface area contributed by atoms with Gasteiger partial charge in [0.15, 0.2) is 0 Å². The van der Waals surface area contributed by atoms with E-state index in [4.69, 9.17) is 0 Å². The van der Waals surface area contributed by atoms with Gasteiger partial charge in [-0.1, -0.05) is 18.2 Å². The van der Waals surface area contributed by atoms with E-state index in [1.54, 1.807) is 36.0 Å². The summed E-state index contributed by atoms with van der Waals surface area (Å²) in [7, 11) is 0. The number of hydrogen-bond donors (Lipinski definition) is 1. The molecule has 2 aromatic rings. The van der Waals surface area contributed by atoms with Gasteiger partial charge in [0, 0.05) is 17.1 Å². The van der Waals surface area contributed by atoms with Crippen LogP contribution >= 0.6 is 11.8 Å². The number of benzene rings is 2. The number of alkyl halides is 2. The molecule has 0 saturated carbocycles. The molecule has 2 rings (SSSR count). The van der Waals surface area contributed by atoms with Crippen LogP contribution < -0.4 is 10.1 Å². The first-order chi connectivity index (χ1) is 9.67. The van der Waals surface area contributed by atoms with E-state index < -0.39 is 6.61 Å². The third-order valence-corrected chi connectivity index (χ3v) is 3.44. The van der Waals surface area contributed by atoms with E-state index in [2.05, 4.69) is 16.1 Å². The fourth-order valence-corrected chi connectivity index (χ4v) is 2.19. The van der Waals surface area contributed by atoms with E-state index in [1.165, 1.54) is 4.90 Å². The van der Waals surface area contributed by atoms with Gasteiger partial charge in [-0.25, -0.2) is 0 Å². The number of anilines is 1. The monoisotopic (exact) mass is 295 g/mol. The molecule has 0 aliphatic carbocycles. The Morgan fingerprint density at radius 2 is 1.90 bits per heavy atom. The molecular formula is C15H15F2NOS. The molecule has 106 valence electrons. The van der Waals surface area contributed by atoms with Crippen LogP contribution in [0.2, 0.25) is 0 Å². The van der Waals surface area contributed by atoms with Crippen molar-refractivity contribution in [1.82, 2.24) is 0 Å². The van der Waals surface area contributed by atoms with Crippen LogP contribution in [0.15, 0.2) is 53.4 Å². The van der Waals surface area contributed by atoms with Gasteiger partial charge < -0.3 is 10.1 Å². The van der Waals surface area contributed by atoms with Crippen LogP contribution in [0.3, 0.4) is 0 Å². The Labute approximate surface area is 121 Å². The van der Waals surface area contributed by atoms with Crippen LogP contribution in [0, 0.1) is 0 Å². The maximum Gasteiger partial charge on any atom is 0.387 e. The quantitative estimate of drug-likeness (QED) is 0.786. The second kappa shape index (κ2) is 7.14. The maximum absolute atomic E-state index is 12.0. The Bertz CT molecular complexity index is 546. The lowest BCUT2D eigenvalue weighted by Crippen LogP contribution is -2.02. The van der Waals surface area contributed by atoms with Gasteiger partial charge in [0.05, 0.1) is 0 Å². The molecule has 0 aromatic heterocycles. The lowest BCUT2D eigenvalue weighted by atomic mass is 10.2. The number of ether oxygens (including phenoxy) is 1. The van der Waals surface area contributed by atoms with Crippen LogP contribution in [0.1, 0.15) is 5.56 Å². The minimum Gasteiger partial charge on any atom is -0.435 e. The highest BCUT2D eigenvalue weighted by atomic mass is 32.2. The van der Waals surface area contributed by atoms with E-state index in [0.717, 1.165) is 11.3 Å². The Morgan fingerprint density at radius 3 is 2.55 bits per heavy atom. The van der Waals surface area contributed by atoms with Crippen LogP contribution in [-0.4, -0.2) is 12.9 Å². The van der Waals surface area contributed by atoms with Crippen LogP contribution in [0.5, 0.6) is 5.75 Å². The first-order valence-corrected chi connectivity index (χ1v) is 7.31. The largest absolute Gasteiger partial charge is 0.435 e. The van der Waals surface area contributed by atoms with Gasteiger partial charge in [0.2, 0.25) is 0 Å². The minimum absolute atomic E-state index is 0.174. The molecule has 0 aliphatic heterocycles. The third-order valence-electron chi connectivity index (χ3n) is 2.71. The molecule has 0 bridgehead atoms. The molecule has 5 heteroatoms. The summed E-state index contributed by atoms with van der Waals surface area (Å²) >= 11 is 1.68. The Balaban J connectivity index is 1.93. The van der Waals surface area contributed by atoms with Crippen molar-refractivity contribution in [3.63, 3.8) is 0 Å². The predicted molar refractivity (Wildman–Crippen MR) is 78.6 cm³/mol. The number of nitrogens with one attached hydrogen (secondary N) is 1. The normalized spacial score (nSPS) is 10.6. The third kappa shape index (κ3) is 4.42. The first-order valence-electron chi connectivity index (χ1n) is 6.09. The van der Waals surface area contributed by atoms with E-state index in [1.807, 2.05) is 24.5 Å². The summed E-state index contributed by atoms with van der Waals surface area (Å²) in [5.41, 5.74) is 2.03. The summed E-state index contributed by atoms with van der Waals surface area (Å²) in [6.45, 7) is -2.15. The van der Waals surface area contributed by atoms with Gasteiger partial charge >= 0.3 is 6.61 Å². The summed E-state index contributed by atoms with van der Waals surface area (Å²) in [6, 6.07) is 14.7. The Hall–Kier alpha value is -1.75. The van der Waals surface area contributed by atoms with Crippen molar-refractivity contribution < 1.29 is 13.5 Å². The Morgan fingerprint density at radius 1 is 1.15 bits per heavy atom. The van der Waals surface area contributed by atoms with Crippen LogP contribution in [0.25, 0.3) is 0 Å². The van der Waals surface area contributed by atoms with Gasteiger partial charge in [-0.3, -0.25) is 0 Å². The highest BCUT2D eigenvalue weighted by molar-refractivity contribution is 7.98. The SMILES string of the molecule is CSc1cccc(NCc2ccc(OC(F)F)cc2)c1. The number of hydrogen-bond acceptors (Lipinski definition) is 3. The molecule has 0 unspecified atom stereocenters. The van der Waals surface area contributed by atoms with E-state index in [0.29, 0.717) is 6.54 Å². The molecule has 0 heterocycles.